The molecule has 3 aromatic carbocycles. The van der Waals surface area contributed by atoms with E-state index >= 15 is 0 Å². The Hall–Kier alpha value is -4.81. The van der Waals surface area contributed by atoms with E-state index in [0.29, 0.717) is 41.7 Å². The van der Waals surface area contributed by atoms with Gasteiger partial charge in [0, 0.05) is 49.7 Å². The van der Waals surface area contributed by atoms with E-state index < -0.39 is 18.2 Å². The number of ether oxygens (including phenoxy) is 3. The van der Waals surface area contributed by atoms with Crippen molar-refractivity contribution in [3.05, 3.63) is 78.4 Å². The van der Waals surface area contributed by atoms with Gasteiger partial charge in [-0.3, -0.25) is 4.79 Å². The molecule has 1 aliphatic heterocycles. The van der Waals surface area contributed by atoms with Crippen LogP contribution in [-0.4, -0.2) is 91.6 Å². The van der Waals surface area contributed by atoms with Gasteiger partial charge in [-0.1, -0.05) is 25.1 Å². The van der Waals surface area contributed by atoms with Crippen LogP contribution in [0.4, 0.5) is 26.7 Å². The fourth-order valence-corrected chi connectivity index (χ4v) is 5.52. The average molecular weight is 676 g/mol. The molecule has 0 radical (unpaired) electrons. The lowest BCUT2D eigenvalue weighted by Crippen LogP contribution is -2.48. The zero-order valence-electron chi connectivity index (χ0n) is 29.0. The summed E-state index contributed by atoms with van der Waals surface area (Å²) < 4.78 is 17.8. The number of carbonyl (C=O) groups is 3. The largest absolute Gasteiger partial charge is 0.497 e. The van der Waals surface area contributed by atoms with Gasteiger partial charge in [0.05, 0.1) is 37.5 Å². The third-order valence-electron chi connectivity index (χ3n) is 8.48. The van der Waals surface area contributed by atoms with E-state index in [2.05, 4.69) is 16.0 Å². The van der Waals surface area contributed by atoms with Gasteiger partial charge in [-0.15, -0.1) is 0 Å². The Morgan fingerprint density at radius 1 is 0.980 bits per heavy atom. The summed E-state index contributed by atoms with van der Waals surface area (Å²) in [6.45, 7) is 6.46. The number of aliphatic hydroxyl groups is 1. The number of hydrogen-bond donors (Lipinski definition) is 4. The SMILES string of the molecule is COc1ccc(NC(=O)Nc2ccc3c(c2)C(=O)N([C@@H](C)CO)C[C@@H](C)[C@@H](CN(C)C(=O)Nc2ccccc2)OCCCC[C@@H](C)O3)cc1. The molecule has 0 saturated carbocycles. The van der Waals surface area contributed by atoms with Gasteiger partial charge in [0.1, 0.15) is 11.5 Å². The van der Waals surface area contributed by atoms with Crippen LogP contribution in [0, 0.1) is 5.92 Å². The van der Waals surface area contributed by atoms with E-state index in [-0.39, 0.29) is 42.7 Å². The van der Waals surface area contributed by atoms with Gasteiger partial charge < -0.3 is 45.1 Å². The van der Waals surface area contributed by atoms with Gasteiger partial charge in [-0.25, -0.2) is 9.59 Å². The Balaban J connectivity index is 1.57. The van der Waals surface area contributed by atoms with Crippen molar-refractivity contribution in [1.29, 1.82) is 0 Å². The third-order valence-corrected chi connectivity index (χ3v) is 8.48. The topological polar surface area (TPSA) is 142 Å². The number of aliphatic hydroxyl groups excluding tert-OH is 1. The molecule has 5 amide bonds. The first-order chi connectivity index (χ1) is 23.6. The Morgan fingerprint density at radius 3 is 2.35 bits per heavy atom. The normalized spacial score (nSPS) is 19.3. The van der Waals surface area contributed by atoms with Crippen LogP contribution in [-0.2, 0) is 4.74 Å². The van der Waals surface area contributed by atoms with Crippen molar-refractivity contribution < 1.29 is 33.7 Å². The number of benzene rings is 3. The minimum atomic E-state index is -0.539. The van der Waals surface area contributed by atoms with Gasteiger partial charge in [0.15, 0.2) is 0 Å². The van der Waals surface area contributed by atoms with Crippen LogP contribution >= 0.6 is 0 Å². The Labute approximate surface area is 288 Å². The van der Waals surface area contributed by atoms with E-state index in [1.54, 1.807) is 73.3 Å². The minimum absolute atomic E-state index is 0.196. The zero-order valence-corrected chi connectivity index (χ0v) is 29.0. The zero-order chi connectivity index (χ0) is 35.3. The first kappa shape index (κ1) is 37.0. The summed E-state index contributed by atoms with van der Waals surface area (Å²) >= 11 is 0. The summed E-state index contributed by atoms with van der Waals surface area (Å²) in [6.07, 6.45) is 1.79. The maximum absolute atomic E-state index is 14.4. The first-order valence-electron chi connectivity index (χ1n) is 16.7. The second-order valence-corrected chi connectivity index (χ2v) is 12.5. The number of nitrogens with one attached hydrogen (secondary N) is 3. The summed E-state index contributed by atoms with van der Waals surface area (Å²) in [7, 11) is 3.28. The quantitative estimate of drug-likeness (QED) is 0.220. The summed E-state index contributed by atoms with van der Waals surface area (Å²) in [5, 5.41) is 18.7. The number of fused-ring (bicyclic) bond motifs is 1. The molecule has 0 saturated heterocycles. The summed E-state index contributed by atoms with van der Waals surface area (Å²) in [6, 6.07) is 19.8. The number of nitrogens with zero attached hydrogens (tertiary/aromatic N) is 2. The molecule has 12 nitrogen and oxygen atoms in total. The summed E-state index contributed by atoms with van der Waals surface area (Å²) in [5.74, 6) is 0.483. The average Bonchev–Trinajstić information content (AvgIpc) is 3.10. The Bertz CT molecular complexity index is 1520. The number of methoxy groups -OCH3 is 1. The maximum Gasteiger partial charge on any atom is 0.323 e. The van der Waals surface area contributed by atoms with Crippen molar-refractivity contribution in [2.75, 3.05) is 56.4 Å². The number of amides is 5. The highest BCUT2D eigenvalue weighted by atomic mass is 16.5. The second-order valence-electron chi connectivity index (χ2n) is 12.5. The van der Waals surface area contributed by atoms with Crippen molar-refractivity contribution in [3.8, 4) is 11.5 Å². The molecule has 12 heteroatoms. The molecule has 1 heterocycles. The van der Waals surface area contributed by atoms with Gasteiger partial charge in [-0.2, -0.15) is 0 Å². The molecule has 0 aromatic heterocycles. The van der Waals surface area contributed by atoms with Crippen LogP contribution in [0.3, 0.4) is 0 Å². The van der Waals surface area contributed by atoms with E-state index in [0.717, 1.165) is 19.3 Å². The molecule has 4 rings (SSSR count). The molecule has 3 aromatic rings. The lowest BCUT2D eigenvalue weighted by atomic mass is 10.0. The van der Waals surface area contributed by atoms with Crippen LogP contribution in [0.15, 0.2) is 72.8 Å². The van der Waals surface area contributed by atoms with Crippen molar-refractivity contribution in [2.24, 2.45) is 5.92 Å². The monoisotopic (exact) mass is 675 g/mol. The lowest BCUT2D eigenvalue weighted by molar-refractivity contribution is -0.0115. The number of rotatable bonds is 8. The molecule has 264 valence electrons. The molecular formula is C37H49N5O7. The predicted octanol–water partition coefficient (Wildman–Crippen LogP) is 6.30. The van der Waals surface area contributed by atoms with Gasteiger partial charge in [0.25, 0.3) is 5.91 Å². The molecule has 1 aliphatic rings. The minimum Gasteiger partial charge on any atom is -0.497 e. The van der Waals surface area contributed by atoms with Crippen molar-refractivity contribution in [2.45, 2.75) is 58.3 Å². The fraction of sp³-hybridized carbons (Fsp3) is 0.432. The van der Waals surface area contributed by atoms with E-state index in [9.17, 15) is 19.5 Å². The number of para-hydroxylation sites is 1. The second kappa shape index (κ2) is 18.1. The number of carbonyl (C=O) groups excluding carboxylic acids is 3. The number of hydrogen-bond acceptors (Lipinski definition) is 7. The molecule has 0 bridgehead atoms. The van der Waals surface area contributed by atoms with Crippen LogP contribution < -0.4 is 25.4 Å². The fourth-order valence-electron chi connectivity index (χ4n) is 5.52. The van der Waals surface area contributed by atoms with Gasteiger partial charge in [-0.05, 0) is 87.7 Å². The number of likely N-dealkylation sites (N-methyl/N-ethyl adjacent to an activating group) is 1. The molecule has 4 N–H and O–H groups in total. The molecule has 0 aliphatic carbocycles. The third kappa shape index (κ3) is 10.8. The van der Waals surface area contributed by atoms with Gasteiger partial charge in [0.2, 0.25) is 0 Å². The van der Waals surface area contributed by atoms with Crippen LogP contribution in [0.1, 0.15) is 50.4 Å². The van der Waals surface area contributed by atoms with Crippen LogP contribution in [0.5, 0.6) is 11.5 Å². The van der Waals surface area contributed by atoms with Gasteiger partial charge >= 0.3 is 12.1 Å². The van der Waals surface area contributed by atoms with Crippen LogP contribution in [0.25, 0.3) is 0 Å². The first-order valence-corrected chi connectivity index (χ1v) is 16.7. The number of anilines is 3. The molecule has 4 atom stereocenters. The van der Waals surface area contributed by atoms with E-state index in [1.165, 1.54) is 0 Å². The highest BCUT2D eigenvalue weighted by Gasteiger charge is 2.31. The van der Waals surface area contributed by atoms with E-state index in [1.807, 2.05) is 44.2 Å². The highest BCUT2D eigenvalue weighted by molar-refractivity contribution is 6.02. The number of urea groups is 2. The Kier molecular flexibility index (Phi) is 13.7. The molecule has 0 unspecified atom stereocenters. The standard InChI is InChI=1S/C37H49N5O7/c1-25-22-42(26(2)24-43)35(44)32-21-30(39-36(45)38-29-14-17-31(47-5)18-15-29)16-19-33(32)49-27(3)11-9-10-20-48-34(25)23-41(4)37(46)40-28-12-7-6-8-13-28/h6-8,12-19,21,25-27,34,43H,9-11,20,22-24H2,1-5H3,(H,40,46)(H2,38,39,45)/t25-,26+,27-,34-/m1/s1. The summed E-state index contributed by atoms with van der Waals surface area (Å²) in [5.41, 5.74) is 1.92. The Morgan fingerprint density at radius 2 is 1.65 bits per heavy atom. The lowest BCUT2D eigenvalue weighted by Gasteiger charge is -2.35. The molecule has 49 heavy (non-hydrogen) atoms. The summed E-state index contributed by atoms with van der Waals surface area (Å²) in [4.78, 5) is 43.5. The highest BCUT2D eigenvalue weighted by Crippen LogP contribution is 2.29. The smallest absolute Gasteiger partial charge is 0.323 e. The van der Waals surface area contributed by atoms with Crippen molar-refractivity contribution in [3.63, 3.8) is 0 Å². The molecular weight excluding hydrogens is 626 g/mol. The molecule has 0 spiro atoms. The van der Waals surface area contributed by atoms with Crippen molar-refractivity contribution >= 4 is 35.0 Å². The van der Waals surface area contributed by atoms with E-state index in [4.69, 9.17) is 14.2 Å². The maximum atomic E-state index is 14.4. The molecule has 0 fully saturated rings. The van der Waals surface area contributed by atoms with Crippen LogP contribution in [0.2, 0.25) is 0 Å². The predicted molar refractivity (Wildman–Crippen MR) is 191 cm³/mol. The van der Waals surface area contributed by atoms with Crippen molar-refractivity contribution in [1.82, 2.24) is 9.80 Å².